The lowest BCUT2D eigenvalue weighted by Crippen LogP contribution is -2.29. The molecule has 1 aromatic carbocycles. The van der Waals surface area contributed by atoms with Gasteiger partial charge in [-0.1, -0.05) is 12.1 Å². The van der Waals surface area contributed by atoms with Crippen LogP contribution >= 0.6 is 0 Å². The molecule has 1 aromatic rings. The molecular weight excluding hydrogens is 189 g/mol. The summed E-state index contributed by atoms with van der Waals surface area (Å²) in [5, 5.41) is 3.34. The molecule has 1 aliphatic rings. The summed E-state index contributed by atoms with van der Waals surface area (Å²) in [4.78, 5) is 0. The van der Waals surface area contributed by atoms with Gasteiger partial charge in [0.25, 0.3) is 0 Å². The molecule has 1 saturated heterocycles. The largest absolute Gasteiger partial charge is 0.317 e. The Morgan fingerprint density at radius 1 is 1.33 bits per heavy atom. The molecule has 0 spiro atoms. The van der Waals surface area contributed by atoms with Gasteiger partial charge in [-0.3, -0.25) is 0 Å². The van der Waals surface area contributed by atoms with E-state index >= 15 is 0 Å². The van der Waals surface area contributed by atoms with E-state index in [-0.39, 0.29) is 5.82 Å². The molecule has 82 valence electrons. The smallest absolute Gasteiger partial charge is 0.126 e. The van der Waals surface area contributed by atoms with E-state index in [1.807, 2.05) is 13.0 Å². The van der Waals surface area contributed by atoms with Crippen molar-refractivity contribution in [1.29, 1.82) is 0 Å². The molecule has 15 heavy (non-hydrogen) atoms. The molecule has 0 bridgehead atoms. The molecule has 0 aliphatic carbocycles. The Morgan fingerprint density at radius 3 is 2.73 bits per heavy atom. The van der Waals surface area contributed by atoms with Gasteiger partial charge >= 0.3 is 0 Å². The minimum Gasteiger partial charge on any atom is -0.317 e. The third-order valence-electron chi connectivity index (χ3n) is 3.30. The Balaban J connectivity index is 2.09. The minimum absolute atomic E-state index is 0.0338. The van der Waals surface area contributed by atoms with Crippen molar-refractivity contribution in [2.45, 2.75) is 26.2 Å². The van der Waals surface area contributed by atoms with Gasteiger partial charge < -0.3 is 5.32 Å². The molecule has 0 aromatic heterocycles. The van der Waals surface area contributed by atoms with E-state index in [2.05, 4.69) is 5.32 Å². The van der Waals surface area contributed by atoms with Crippen molar-refractivity contribution in [3.8, 4) is 0 Å². The second kappa shape index (κ2) is 4.75. The lowest BCUT2D eigenvalue weighted by molar-refractivity contribution is 0.368. The summed E-state index contributed by atoms with van der Waals surface area (Å²) in [7, 11) is 0. The summed E-state index contributed by atoms with van der Waals surface area (Å²) >= 11 is 0. The normalized spacial score (nSPS) is 18.0. The molecule has 2 heteroatoms. The van der Waals surface area contributed by atoms with Crippen LogP contribution in [0.3, 0.4) is 0 Å². The number of aryl methyl sites for hydroxylation is 1. The predicted molar refractivity (Wildman–Crippen MR) is 60.4 cm³/mol. The number of rotatable bonds is 2. The molecule has 0 atom stereocenters. The molecule has 1 N–H and O–H groups in total. The van der Waals surface area contributed by atoms with Crippen LogP contribution in [0.4, 0.5) is 4.39 Å². The molecule has 0 amide bonds. The summed E-state index contributed by atoms with van der Waals surface area (Å²) in [5.41, 5.74) is 2.01. The summed E-state index contributed by atoms with van der Waals surface area (Å²) in [6.07, 6.45) is 3.25. The number of nitrogens with one attached hydrogen (secondary N) is 1. The maximum absolute atomic E-state index is 13.6. The summed E-state index contributed by atoms with van der Waals surface area (Å²) < 4.78 is 13.6. The molecule has 0 radical (unpaired) electrons. The molecule has 0 saturated carbocycles. The van der Waals surface area contributed by atoms with E-state index in [1.54, 1.807) is 12.1 Å². The molecule has 1 nitrogen and oxygen atoms in total. The Labute approximate surface area is 90.7 Å². The molecule has 1 fully saturated rings. The fraction of sp³-hybridized carbons (Fsp3) is 0.538. The zero-order valence-electron chi connectivity index (χ0n) is 9.22. The highest BCUT2D eigenvalue weighted by Crippen LogP contribution is 2.22. The summed E-state index contributed by atoms with van der Waals surface area (Å²) in [6, 6.07) is 5.36. The first-order valence-corrected chi connectivity index (χ1v) is 5.72. The van der Waals surface area contributed by atoms with Crippen LogP contribution in [-0.2, 0) is 6.42 Å². The number of hydrogen-bond donors (Lipinski definition) is 1. The number of halogens is 1. The van der Waals surface area contributed by atoms with Gasteiger partial charge in [-0.25, -0.2) is 4.39 Å². The fourth-order valence-corrected chi connectivity index (χ4v) is 2.30. The van der Waals surface area contributed by atoms with Gasteiger partial charge in [-0.2, -0.15) is 0 Å². The maximum Gasteiger partial charge on any atom is 0.126 e. The topological polar surface area (TPSA) is 12.0 Å². The molecular formula is C13H18FN. The van der Waals surface area contributed by atoms with Crippen LogP contribution in [0.2, 0.25) is 0 Å². The van der Waals surface area contributed by atoms with Gasteiger partial charge in [0.1, 0.15) is 5.82 Å². The van der Waals surface area contributed by atoms with Crippen LogP contribution < -0.4 is 5.32 Å². The Bertz CT molecular complexity index is 309. The Morgan fingerprint density at radius 2 is 2.07 bits per heavy atom. The number of piperidine rings is 1. The number of hydrogen-bond acceptors (Lipinski definition) is 1. The average molecular weight is 207 g/mol. The Hall–Kier alpha value is -0.890. The SMILES string of the molecule is Cc1cccc(F)c1CC1CCNCC1. The zero-order chi connectivity index (χ0) is 10.7. The standard InChI is InChI=1S/C13H18FN/c1-10-3-2-4-13(14)12(10)9-11-5-7-15-8-6-11/h2-4,11,15H,5-9H2,1H3. The van der Waals surface area contributed by atoms with Crippen molar-refractivity contribution in [2.24, 2.45) is 5.92 Å². The van der Waals surface area contributed by atoms with Crippen molar-refractivity contribution in [2.75, 3.05) is 13.1 Å². The van der Waals surface area contributed by atoms with Crippen molar-refractivity contribution in [3.05, 3.63) is 35.1 Å². The second-order valence-corrected chi connectivity index (χ2v) is 4.43. The monoisotopic (exact) mass is 207 g/mol. The van der Waals surface area contributed by atoms with Gasteiger partial charge in [0, 0.05) is 0 Å². The zero-order valence-corrected chi connectivity index (χ0v) is 9.22. The highest BCUT2D eigenvalue weighted by Gasteiger charge is 2.16. The first-order valence-electron chi connectivity index (χ1n) is 5.72. The van der Waals surface area contributed by atoms with Crippen LogP contribution in [-0.4, -0.2) is 13.1 Å². The van der Waals surface area contributed by atoms with Gasteiger partial charge in [0.2, 0.25) is 0 Å². The highest BCUT2D eigenvalue weighted by molar-refractivity contribution is 5.27. The molecule has 0 unspecified atom stereocenters. The first kappa shape index (κ1) is 10.6. The van der Waals surface area contributed by atoms with Crippen LogP contribution in [0.15, 0.2) is 18.2 Å². The van der Waals surface area contributed by atoms with E-state index in [9.17, 15) is 4.39 Å². The third kappa shape index (κ3) is 2.57. The van der Waals surface area contributed by atoms with Crippen LogP contribution in [0.25, 0.3) is 0 Å². The molecule has 2 rings (SSSR count). The predicted octanol–water partition coefficient (Wildman–Crippen LogP) is 2.68. The summed E-state index contributed by atoms with van der Waals surface area (Å²) in [6.45, 7) is 4.16. The third-order valence-corrected chi connectivity index (χ3v) is 3.30. The van der Waals surface area contributed by atoms with Crippen molar-refractivity contribution >= 4 is 0 Å². The molecule has 1 heterocycles. The minimum atomic E-state index is -0.0338. The van der Waals surface area contributed by atoms with Crippen LogP contribution in [0.5, 0.6) is 0 Å². The maximum atomic E-state index is 13.6. The highest BCUT2D eigenvalue weighted by atomic mass is 19.1. The lowest BCUT2D eigenvalue weighted by atomic mass is 9.89. The van der Waals surface area contributed by atoms with Gasteiger partial charge in [0.15, 0.2) is 0 Å². The summed E-state index contributed by atoms with van der Waals surface area (Å²) in [5.74, 6) is 0.621. The van der Waals surface area contributed by atoms with Crippen molar-refractivity contribution < 1.29 is 4.39 Å². The van der Waals surface area contributed by atoms with E-state index < -0.39 is 0 Å². The fourth-order valence-electron chi connectivity index (χ4n) is 2.30. The van der Waals surface area contributed by atoms with Crippen molar-refractivity contribution in [1.82, 2.24) is 5.32 Å². The van der Waals surface area contributed by atoms with E-state index in [4.69, 9.17) is 0 Å². The first-order chi connectivity index (χ1) is 7.27. The van der Waals surface area contributed by atoms with E-state index in [0.29, 0.717) is 5.92 Å². The average Bonchev–Trinajstić information content (AvgIpc) is 2.25. The quantitative estimate of drug-likeness (QED) is 0.786. The van der Waals surface area contributed by atoms with Gasteiger partial charge in [-0.15, -0.1) is 0 Å². The van der Waals surface area contributed by atoms with Gasteiger partial charge in [-0.05, 0) is 62.4 Å². The Kier molecular flexibility index (Phi) is 3.37. The second-order valence-electron chi connectivity index (χ2n) is 4.43. The van der Waals surface area contributed by atoms with Crippen LogP contribution in [0.1, 0.15) is 24.0 Å². The van der Waals surface area contributed by atoms with Crippen LogP contribution in [0, 0.1) is 18.7 Å². The number of benzene rings is 1. The van der Waals surface area contributed by atoms with Gasteiger partial charge in [0.05, 0.1) is 0 Å². The lowest BCUT2D eigenvalue weighted by Gasteiger charge is -2.23. The molecule has 1 aliphatic heterocycles. The van der Waals surface area contributed by atoms with E-state index in [0.717, 1.165) is 30.6 Å². The van der Waals surface area contributed by atoms with Crippen molar-refractivity contribution in [3.63, 3.8) is 0 Å². The van der Waals surface area contributed by atoms with E-state index in [1.165, 1.54) is 12.8 Å².